The first-order chi connectivity index (χ1) is 11.7. The average molecular weight is 331 g/mol. The second-order valence-electron chi connectivity index (χ2n) is 6.42. The fraction of sp³-hybridized carbons (Fsp3) is 0.611. The van der Waals surface area contributed by atoms with E-state index in [4.69, 9.17) is 4.74 Å². The van der Waals surface area contributed by atoms with Crippen molar-refractivity contribution in [3.8, 4) is 0 Å². The number of likely N-dealkylation sites (tertiary alicyclic amines) is 1. The number of rotatable bonds is 4. The molecule has 6 heteroatoms. The van der Waals surface area contributed by atoms with E-state index in [2.05, 4.69) is 9.88 Å². The molecule has 0 saturated carbocycles. The number of carbonyl (C=O) groups is 2. The van der Waals surface area contributed by atoms with E-state index in [1.807, 2.05) is 17.9 Å². The highest BCUT2D eigenvalue weighted by molar-refractivity contribution is 5.95. The molecule has 0 aliphatic carbocycles. The highest BCUT2D eigenvalue weighted by Gasteiger charge is 2.29. The molecule has 0 spiro atoms. The average Bonchev–Trinajstić information content (AvgIpc) is 3.16. The van der Waals surface area contributed by atoms with E-state index in [9.17, 15) is 9.59 Å². The third-order valence-corrected chi connectivity index (χ3v) is 4.82. The smallest absolute Gasteiger partial charge is 0.309 e. The molecular formula is C18H25N3O3. The van der Waals surface area contributed by atoms with Crippen LogP contribution >= 0.6 is 0 Å². The molecule has 0 bridgehead atoms. The van der Waals surface area contributed by atoms with E-state index in [0.717, 1.165) is 18.9 Å². The predicted molar refractivity (Wildman–Crippen MR) is 90.9 cm³/mol. The summed E-state index contributed by atoms with van der Waals surface area (Å²) in [6, 6.07) is 3.67. The van der Waals surface area contributed by atoms with Crippen LogP contribution in [0, 0.1) is 5.92 Å². The number of carbonyl (C=O) groups excluding carboxylic acids is 2. The predicted octanol–water partition coefficient (Wildman–Crippen LogP) is 2.10. The summed E-state index contributed by atoms with van der Waals surface area (Å²) in [5.74, 6) is 0.705. The molecule has 2 saturated heterocycles. The zero-order chi connectivity index (χ0) is 16.9. The topological polar surface area (TPSA) is 62.7 Å². The molecule has 130 valence electrons. The molecule has 0 aromatic carbocycles. The van der Waals surface area contributed by atoms with Crippen LogP contribution in [-0.2, 0) is 9.53 Å². The minimum Gasteiger partial charge on any atom is -0.466 e. The van der Waals surface area contributed by atoms with Crippen molar-refractivity contribution in [3.05, 3.63) is 23.9 Å². The lowest BCUT2D eigenvalue weighted by Crippen LogP contribution is -2.40. The van der Waals surface area contributed by atoms with Gasteiger partial charge in [-0.25, -0.2) is 4.98 Å². The number of piperidine rings is 1. The first-order valence-corrected chi connectivity index (χ1v) is 8.86. The van der Waals surface area contributed by atoms with Crippen molar-refractivity contribution in [2.45, 2.75) is 32.6 Å². The summed E-state index contributed by atoms with van der Waals surface area (Å²) < 4.78 is 5.08. The quantitative estimate of drug-likeness (QED) is 0.791. The number of hydrogen-bond donors (Lipinski definition) is 0. The Morgan fingerprint density at radius 1 is 1.21 bits per heavy atom. The van der Waals surface area contributed by atoms with Crippen LogP contribution in [0.2, 0.25) is 0 Å². The molecule has 2 aliphatic rings. The molecule has 1 amide bonds. The maximum absolute atomic E-state index is 12.7. The Hall–Kier alpha value is -2.11. The van der Waals surface area contributed by atoms with Crippen LogP contribution in [0.15, 0.2) is 18.3 Å². The van der Waals surface area contributed by atoms with E-state index >= 15 is 0 Å². The van der Waals surface area contributed by atoms with Gasteiger partial charge in [-0.15, -0.1) is 0 Å². The van der Waals surface area contributed by atoms with Crippen LogP contribution in [0.5, 0.6) is 0 Å². The van der Waals surface area contributed by atoms with Gasteiger partial charge in [0.05, 0.1) is 12.5 Å². The lowest BCUT2D eigenvalue weighted by Gasteiger charge is -2.31. The molecule has 0 N–H and O–H groups in total. The van der Waals surface area contributed by atoms with Gasteiger partial charge in [0.2, 0.25) is 0 Å². The van der Waals surface area contributed by atoms with Crippen LogP contribution < -0.4 is 4.90 Å². The van der Waals surface area contributed by atoms with Gasteiger partial charge in [-0.05, 0) is 44.7 Å². The largest absolute Gasteiger partial charge is 0.466 e. The summed E-state index contributed by atoms with van der Waals surface area (Å²) in [5.41, 5.74) is 0.682. The first-order valence-electron chi connectivity index (χ1n) is 8.86. The van der Waals surface area contributed by atoms with Gasteiger partial charge in [0.1, 0.15) is 5.82 Å². The van der Waals surface area contributed by atoms with Gasteiger partial charge in [0.25, 0.3) is 5.91 Å². The Kier molecular flexibility index (Phi) is 5.33. The number of ether oxygens (including phenoxy) is 1. The number of esters is 1. The minimum atomic E-state index is -0.134. The Bertz CT molecular complexity index is 591. The van der Waals surface area contributed by atoms with Gasteiger partial charge in [0.15, 0.2) is 0 Å². The normalized spacial score (nSPS) is 18.7. The zero-order valence-corrected chi connectivity index (χ0v) is 14.2. The molecule has 6 nitrogen and oxygen atoms in total. The Balaban J connectivity index is 1.61. The van der Waals surface area contributed by atoms with Crippen molar-refractivity contribution in [1.82, 2.24) is 9.88 Å². The summed E-state index contributed by atoms with van der Waals surface area (Å²) in [6.45, 7) is 5.45. The van der Waals surface area contributed by atoms with Crippen LogP contribution in [0.3, 0.4) is 0 Å². The third kappa shape index (κ3) is 3.68. The number of nitrogens with zero attached hydrogens (tertiary/aromatic N) is 3. The monoisotopic (exact) mass is 331 g/mol. The highest BCUT2D eigenvalue weighted by Crippen LogP contribution is 2.22. The minimum absolute atomic E-state index is 0.0279. The van der Waals surface area contributed by atoms with Gasteiger partial charge in [-0.3, -0.25) is 9.59 Å². The summed E-state index contributed by atoms with van der Waals surface area (Å²) >= 11 is 0. The number of hydrogen-bond acceptors (Lipinski definition) is 5. The summed E-state index contributed by atoms with van der Waals surface area (Å²) in [6.07, 6.45) is 5.43. The molecule has 0 atom stereocenters. The van der Waals surface area contributed by atoms with E-state index in [1.54, 1.807) is 12.3 Å². The van der Waals surface area contributed by atoms with Crippen LogP contribution in [-0.4, -0.2) is 54.5 Å². The fourth-order valence-corrected chi connectivity index (χ4v) is 3.43. The first kappa shape index (κ1) is 16.7. The Labute approximate surface area is 142 Å². The molecule has 24 heavy (non-hydrogen) atoms. The molecule has 3 rings (SSSR count). The highest BCUT2D eigenvalue weighted by atomic mass is 16.5. The molecule has 0 unspecified atom stereocenters. The lowest BCUT2D eigenvalue weighted by atomic mass is 9.96. The molecular weight excluding hydrogens is 306 g/mol. The second-order valence-corrected chi connectivity index (χ2v) is 6.42. The molecule has 1 aromatic heterocycles. The maximum atomic E-state index is 12.7. The van der Waals surface area contributed by atoms with Crippen molar-refractivity contribution in [2.24, 2.45) is 5.92 Å². The Morgan fingerprint density at radius 2 is 1.92 bits per heavy atom. The molecule has 2 aliphatic heterocycles. The van der Waals surface area contributed by atoms with Gasteiger partial charge in [-0.1, -0.05) is 0 Å². The fourth-order valence-electron chi connectivity index (χ4n) is 3.43. The number of anilines is 1. The van der Waals surface area contributed by atoms with Crippen molar-refractivity contribution < 1.29 is 14.3 Å². The molecule has 0 radical (unpaired) electrons. The van der Waals surface area contributed by atoms with Gasteiger partial charge in [0, 0.05) is 37.9 Å². The van der Waals surface area contributed by atoms with E-state index in [1.165, 1.54) is 12.8 Å². The van der Waals surface area contributed by atoms with Crippen molar-refractivity contribution in [2.75, 3.05) is 37.7 Å². The SMILES string of the molecule is CCOC(=O)C1CCN(C(=O)c2ccnc(N3CCCC3)c2)CC1. The number of amides is 1. The van der Waals surface area contributed by atoms with E-state index in [-0.39, 0.29) is 17.8 Å². The molecule has 3 heterocycles. The van der Waals surface area contributed by atoms with Crippen molar-refractivity contribution >= 4 is 17.7 Å². The second kappa shape index (κ2) is 7.64. The van der Waals surface area contributed by atoms with Gasteiger partial charge >= 0.3 is 5.97 Å². The van der Waals surface area contributed by atoms with Crippen LogP contribution in [0.4, 0.5) is 5.82 Å². The van der Waals surface area contributed by atoms with Gasteiger partial charge in [-0.2, -0.15) is 0 Å². The summed E-state index contributed by atoms with van der Waals surface area (Å²) in [5, 5.41) is 0. The lowest BCUT2D eigenvalue weighted by molar-refractivity contribution is -0.149. The zero-order valence-electron chi connectivity index (χ0n) is 14.2. The van der Waals surface area contributed by atoms with Crippen LogP contribution in [0.1, 0.15) is 43.0 Å². The summed E-state index contributed by atoms with van der Waals surface area (Å²) in [7, 11) is 0. The van der Waals surface area contributed by atoms with E-state index in [0.29, 0.717) is 38.1 Å². The number of pyridine rings is 1. The Morgan fingerprint density at radius 3 is 2.58 bits per heavy atom. The van der Waals surface area contributed by atoms with Crippen molar-refractivity contribution in [3.63, 3.8) is 0 Å². The molecule has 1 aromatic rings. The maximum Gasteiger partial charge on any atom is 0.309 e. The standard InChI is InChI=1S/C18H25N3O3/c1-2-24-18(23)14-6-11-21(12-7-14)17(22)15-5-8-19-16(13-15)20-9-3-4-10-20/h5,8,13-14H,2-4,6-7,9-12H2,1H3. The van der Waals surface area contributed by atoms with E-state index < -0.39 is 0 Å². The van der Waals surface area contributed by atoms with Crippen molar-refractivity contribution in [1.29, 1.82) is 0 Å². The van der Waals surface area contributed by atoms with Crippen LogP contribution in [0.25, 0.3) is 0 Å². The summed E-state index contributed by atoms with van der Waals surface area (Å²) in [4.78, 5) is 33.0. The third-order valence-electron chi connectivity index (χ3n) is 4.82. The van der Waals surface area contributed by atoms with Gasteiger partial charge < -0.3 is 14.5 Å². The molecule has 2 fully saturated rings. The number of aromatic nitrogens is 1.